The molecule has 114 valence electrons. The van der Waals surface area contributed by atoms with Gasteiger partial charge in [0, 0.05) is 12.7 Å². The van der Waals surface area contributed by atoms with Gasteiger partial charge < -0.3 is 11.1 Å². The zero-order valence-electron chi connectivity index (χ0n) is 11.8. The van der Waals surface area contributed by atoms with Gasteiger partial charge in [0.05, 0.1) is 5.92 Å². The molecular weight excluding hydrogens is 285 g/mol. The van der Waals surface area contributed by atoms with Crippen molar-refractivity contribution in [2.45, 2.75) is 6.42 Å². The number of pyridine rings is 1. The van der Waals surface area contributed by atoms with Gasteiger partial charge >= 0.3 is 0 Å². The maximum atomic E-state index is 12.9. The van der Waals surface area contributed by atoms with Crippen LogP contribution < -0.4 is 11.1 Å². The van der Waals surface area contributed by atoms with Crippen LogP contribution in [0.3, 0.4) is 0 Å². The minimum atomic E-state index is -0.571. The van der Waals surface area contributed by atoms with Crippen LogP contribution in [-0.2, 0) is 11.2 Å². The lowest BCUT2D eigenvalue weighted by molar-refractivity contribution is -0.121. The molecule has 0 radical (unpaired) electrons. The highest BCUT2D eigenvalue weighted by atomic mass is 19.1. The van der Waals surface area contributed by atoms with Gasteiger partial charge in [-0.15, -0.1) is 0 Å². The summed E-state index contributed by atoms with van der Waals surface area (Å²) in [6.07, 6.45) is 1.84. The van der Waals surface area contributed by atoms with Gasteiger partial charge in [0.1, 0.15) is 11.5 Å². The smallest absolute Gasteiger partial charge is 0.269 e. The second-order valence-corrected chi connectivity index (χ2v) is 4.85. The molecule has 3 N–H and O–H groups in total. The number of benzene rings is 1. The number of hydrogen-bond acceptors (Lipinski definition) is 3. The molecular formula is C16H16FN3O2. The van der Waals surface area contributed by atoms with E-state index in [1.165, 1.54) is 18.3 Å². The topological polar surface area (TPSA) is 85.1 Å². The van der Waals surface area contributed by atoms with Crippen molar-refractivity contribution in [1.82, 2.24) is 10.3 Å². The van der Waals surface area contributed by atoms with E-state index in [1.807, 2.05) is 0 Å². The number of nitrogens with one attached hydrogen (secondary N) is 1. The maximum absolute atomic E-state index is 12.9. The molecule has 1 unspecified atom stereocenters. The molecule has 1 aromatic carbocycles. The number of aromatic nitrogens is 1. The molecule has 5 nitrogen and oxygen atoms in total. The Morgan fingerprint density at radius 3 is 2.50 bits per heavy atom. The molecule has 0 bridgehead atoms. The highest BCUT2D eigenvalue weighted by molar-refractivity contribution is 5.92. The average Bonchev–Trinajstić information content (AvgIpc) is 2.53. The molecule has 1 aromatic heterocycles. The Kier molecular flexibility index (Phi) is 5.19. The van der Waals surface area contributed by atoms with Gasteiger partial charge in [0.2, 0.25) is 5.91 Å². The molecule has 22 heavy (non-hydrogen) atoms. The molecule has 0 aliphatic carbocycles. The summed E-state index contributed by atoms with van der Waals surface area (Å²) in [5.41, 5.74) is 6.41. The lowest BCUT2D eigenvalue weighted by Gasteiger charge is -2.14. The van der Waals surface area contributed by atoms with Crippen molar-refractivity contribution in [3.05, 3.63) is 65.7 Å². The number of hydrogen-bond donors (Lipinski definition) is 2. The second-order valence-electron chi connectivity index (χ2n) is 4.85. The zero-order valence-corrected chi connectivity index (χ0v) is 11.8. The molecule has 0 aliphatic rings. The summed E-state index contributed by atoms with van der Waals surface area (Å²) in [5, 5.41) is 2.64. The molecule has 0 saturated carbocycles. The van der Waals surface area contributed by atoms with E-state index in [-0.39, 0.29) is 24.0 Å². The third kappa shape index (κ3) is 4.37. The molecule has 0 saturated heterocycles. The number of halogens is 1. The Bertz CT molecular complexity index is 644. The summed E-state index contributed by atoms with van der Waals surface area (Å²) < 4.78 is 12.9. The monoisotopic (exact) mass is 301 g/mol. The molecule has 6 heteroatoms. The van der Waals surface area contributed by atoms with Crippen LogP contribution in [0.25, 0.3) is 0 Å². The van der Waals surface area contributed by atoms with E-state index in [0.29, 0.717) is 6.42 Å². The van der Waals surface area contributed by atoms with E-state index >= 15 is 0 Å². The van der Waals surface area contributed by atoms with E-state index in [9.17, 15) is 14.0 Å². The number of rotatable bonds is 6. The number of carbonyl (C=O) groups is 2. The molecule has 2 aromatic rings. The van der Waals surface area contributed by atoms with Crippen LogP contribution in [0.2, 0.25) is 0 Å². The lowest BCUT2D eigenvalue weighted by Crippen LogP contribution is -2.37. The summed E-state index contributed by atoms with van der Waals surface area (Å²) in [5.74, 6) is -1.81. The van der Waals surface area contributed by atoms with Crippen LogP contribution in [0.1, 0.15) is 16.1 Å². The maximum Gasteiger partial charge on any atom is 0.269 e. The fourth-order valence-corrected chi connectivity index (χ4v) is 1.98. The second kappa shape index (κ2) is 7.31. The van der Waals surface area contributed by atoms with Gasteiger partial charge in [-0.25, -0.2) is 4.39 Å². The Labute approximate surface area is 127 Å². The first kappa shape index (κ1) is 15.6. The minimum Gasteiger partial charge on any atom is -0.369 e. The summed E-state index contributed by atoms with van der Waals surface area (Å²) >= 11 is 0. The number of nitrogens with zero attached hydrogens (tertiary/aromatic N) is 1. The molecule has 2 amide bonds. The standard InChI is InChI=1S/C16H16FN3O2/c17-13-6-4-11(5-7-13)9-12(15(18)21)10-20-16(22)14-3-1-2-8-19-14/h1-8,12H,9-10H2,(H2,18,21)(H,20,22). The highest BCUT2D eigenvalue weighted by Gasteiger charge is 2.18. The van der Waals surface area contributed by atoms with Crippen molar-refractivity contribution >= 4 is 11.8 Å². The van der Waals surface area contributed by atoms with Crippen LogP contribution in [0.5, 0.6) is 0 Å². The fourth-order valence-electron chi connectivity index (χ4n) is 1.98. The largest absolute Gasteiger partial charge is 0.369 e. The zero-order chi connectivity index (χ0) is 15.9. The van der Waals surface area contributed by atoms with Gasteiger partial charge in [-0.3, -0.25) is 14.6 Å². The van der Waals surface area contributed by atoms with Gasteiger partial charge in [0.25, 0.3) is 5.91 Å². The lowest BCUT2D eigenvalue weighted by atomic mass is 9.98. The predicted molar refractivity (Wildman–Crippen MR) is 79.4 cm³/mol. The number of amides is 2. The van der Waals surface area contributed by atoms with Gasteiger partial charge in [-0.1, -0.05) is 18.2 Å². The van der Waals surface area contributed by atoms with Crippen LogP contribution in [0.15, 0.2) is 48.7 Å². The molecule has 0 aliphatic heterocycles. The van der Waals surface area contributed by atoms with Crippen LogP contribution in [0, 0.1) is 11.7 Å². The Hall–Kier alpha value is -2.76. The van der Waals surface area contributed by atoms with Crippen molar-refractivity contribution in [3.63, 3.8) is 0 Å². The van der Waals surface area contributed by atoms with Crippen molar-refractivity contribution in [3.8, 4) is 0 Å². The van der Waals surface area contributed by atoms with E-state index in [0.717, 1.165) is 5.56 Å². The van der Waals surface area contributed by atoms with E-state index in [2.05, 4.69) is 10.3 Å². The van der Waals surface area contributed by atoms with E-state index in [4.69, 9.17) is 5.73 Å². The summed E-state index contributed by atoms with van der Waals surface area (Å²) in [6, 6.07) is 10.8. The predicted octanol–water partition coefficient (Wildman–Crippen LogP) is 1.29. The molecule has 0 spiro atoms. The number of nitrogens with two attached hydrogens (primary N) is 1. The first-order valence-electron chi connectivity index (χ1n) is 6.79. The molecule has 1 atom stereocenters. The van der Waals surface area contributed by atoms with Crippen molar-refractivity contribution < 1.29 is 14.0 Å². The van der Waals surface area contributed by atoms with Gasteiger partial charge in [0.15, 0.2) is 0 Å². The molecule has 2 rings (SSSR count). The summed E-state index contributed by atoms with van der Waals surface area (Å²) in [6.45, 7) is 0.0993. The Balaban J connectivity index is 1.96. The number of primary amides is 1. The third-order valence-corrected chi connectivity index (χ3v) is 3.20. The van der Waals surface area contributed by atoms with Crippen molar-refractivity contribution in [2.75, 3.05) is 6.54 Å². The number of carbonyl (C=O) groups excluding carboxylic acids is 2. The van der Waals surface area contributed by atoms with E-state index in [1.54, 1.807) is 30.3 Å². The first-order chi connectivity index (χ1) is 10.6. The highest BCUT2D eigenvalue weighted by Crippen LogP contribution is 2.10. The quantitative estimate of drug-likeness (QED) is 0.843. The summed E-state index contributed by atoms with van der Waals surface area (Å²) in [4.78, 5) is 27.3. The van der Waals surface area contributed by atoms with Crippen LogP contribution in [0.4, 0.5) is 4.39 Å². The summed E-state index contributed by atoms with van der Waals surface area (Å²) in [7, 11) is 0. The molecule has 1 heterocycles. The molecule has 0 fully saturated rings. The Morgan fingerprint density at radius 1 is 1.18 bits per heavy atom. The fraction of sp³-hybridized carbons (Fsp3) is 0.188. The van der Waals surface area contributed by atoms with Crippen molar-refractivity contribution in [1.29, 1.82) is 0 Å². The minimum absolute atomic E-state index is 0.0993. The van der Waals surface area contributed by atoms with Crippen LogP contribution >= 0.6 is 0 Å². The average molecular weight is 301 g/mol. The first-order valence-corrected chi connectivity index (χ1v) is 6.79. The Morgan fingerprint density at radius 2 is 1.91 bits per heavy atom. The van der Waals surface area contributed by atoms with Crippen LogP contribution in [-0.4, -0.2) is 23.3 Å². The normalized spacial score (nSPS) is 11.7. The van der Waals surface area contributed by atoms with E-state index < -0.39 is 11.8 Å². The van der Waals surface area contributed by atoms with Gasteiger partial charge in [-0.05, 0) is 36.2 Å². The van der Waals surface area contributed by atoms with Gasteiger partial charge in [-0.2, -0.15) is 0 Å². The van der Waals surface area contributed by atoms with Crippen molar-refractivity contribution in [2.24, 2.45) is 11.7 Å². The third-order valence-electron chi connectivity index (χ3n) is 3.20. The SMILES string of the molecule is NC(=O)C(CNC(=O)c1ccccn1)Cc1ccc(F)cc1.